The Balaban J connectivity index is 1.15. The number of aliphatic hydroxyl groups excluding tert-OH is 3. The van der Waals surface area contributed by atoms with Gasteiger partial charge in [-0.1, -0.05) is 30.3 Å². The average Bonchev–Trinajstić information content (AvgIpc) is 4.05. The number of Topliss-reactive ketones (excluding diaryl/α,β-unsaturated/α-hetero) is 2. The molecule has 61 heavy (non-hydrogen) atoms. The molecule has 1 aliphatic heterocycles. The highest BCUT2D eigenvalue weighted by atomic mass is 16.5. The summed E-state index contributed by atoms with van der Waals surface area (Å²) in [5.74, 6) is -0.428. The van der Waals surface area contributed by atoms with Gasteiger partial charge in [0.05, 0.1) is 18.6 Å². The second-order valence-corrected chi connectivity index (χ2v) is 17.2. The molecule has 0 saturated heterocycles. The molecule has 3 aromatic carbocycles. The van der Waals surface area contributed by atoms with E-state index in [4.69, 9.17) is 4.74 Å². The van der Waals surface area contributed by atoms with E-state index < -0.39 is 24.0 Å². The number of anilines is 1. The molecule has 2 aromatic heterocycles. The molecule has 1 fully saturated rings. The predicted octanol–water partition coefficient (Wildman–Crippen LogP) is 7.74. The molecule has 3 heterocycles. The van der Waals surface area contributed by atoms with Gasteiger partial charge >= 0.3 is 0 Å². The number of carbonyl (C=O) groups is 2. The molecule has 0 radical (unpaired) electrons. The number of aromatic hydroxyl groups is 2. The number of nitrogens with one attached hydrogen (secondary N) is 3. The first-order valence-electron chi connectivity index (χ1n) is 21.8. The Labute approximate surface area is 356 Å². The quantitative estimate of drug-likeness (QED) is 0.0652. The van der Waals surface area contributed by atoms with Crippen molar-refractivity contribution in [3.63, 3.8) is 0 Å². The van der Waals surface area contributed by atoms with Crippen molar-refractivity contribution in [2.75, 3.05) is 18.5 Å². The van der Waals surface area contributed by atoms with Crippen molar-refractivity contribution in [3.8, 4) is 17.2 Å². The smallest absolute Gasteiger partial charge is 0.163 e. The minimum absolute atomic E-state index is 0.0425. The van der Waals surface area contributed by atoms with Crippen LogP contribution in [0.3, 0.4) is 0 Å². The summed E-state index contributed by atoms with van der Waals surface area (Å²) in [5.41, 5.74) is 8.06. The molecule has 11 heteroatoms. The van der Waals surface area contributed by atoms with E-state index in [-0.39, 0.29) is 66.4 Å². The fourth-order valence-corrected chi connectivity index (χ4v) is 9.64. The van der Waals surface area contributed by atoms with Gasteiger partial charge in [0.25, 0.3) is 0 Å². The Morgan fingerprint density at radius 3 is 2.51 bits per heavy atom. The summed E-state index contributed by atoms with van der Waals surface area (Å²) in [6, 6.07) is 20.3. The summed E-state index contributed by atoms with van der Waals surface area (Å²) < 4.78 is 6.35. The maximum Gasteiger partial charge on any atom is 0.163 e. The zero-order valence-electron chi connectivity index (χ0n) is 34.5. The summed E-state index contributed by atoms with van der Waals surface area (Å²) in [6.07, 6.45) is 10.6. The number of rotatable bonds is 10. The number of benzene rings is 3. The molecule has 4 unspecified atom stereocenters. The summed E-state index contributed by atoms with van der Waals surface area (Å²) in [7, 11) is 0. The van der Waals surface area contributed by atoms with Crippen LogP contribution in [0, 0.1) is 5.92 Å². The monoisotopic (exact) mass is 827 g/mol. The minimum atomic E-state index is -1.20. The lowest BCUT2D eigenvalue weighted by Crippen LogP contribution is -2.33. The SMILES string of the molecule is O=C1CCc2cc(OC3CCCC3)c(O)c(c2)C(O)c2ccc(CCCO)c(c2)Cc2cc[nH]c2NCC2=Cc3[nH]ccc3C(CC(O)CCc3cccc(O)c3)C2C(=O)C1. The number of hydrogen-bond donors (Lipinski definition) is 8. The zero-order valence-corrected chi connectivity index (χ0v) is 34.5. The maximum atomic E-state index is 14.7. The van der Waals surface area contributed by atoms with E-state index in [9.17, 15) is 35.1 Å². The van der Waals surface area contributed by atoms with E-state index in [1.165, 1.54) is 0 Å². The van der Waals surface area contributed by atoms with Gasteiger partial charge in [-0.2, -0.15) is 0 Å². The Kier molecular flexibility index (Phi) is 13.1. The summed E-state index contributed by atoms with van der Waals surface area (Å²) in [4.78, 5) is 35.2. The van der Waals surface area contributed by atoms with E-state index >= 15 is 0 Å². The van der Waals surface area contributed by atoms with Crippen molar-refractivity contribution in [3.05, 3.63) is 135 Å². The first kappa shape index (κ1) is 42.1. The van der Waals surface area contributed by atoms with Crippen LogP contribution in [0.15, 0.2) is 84.7 Å². The summed E-state index contributed by atoms with van der Waals surface area (Å²) >= 11 is 0. The summed E-state index contributed by atoms with van der Waals surface area (Å²) in [6.45, 7) is 0.346. The highest BCUT2D eigenvalue weighted by Crippen LogP contribution is 2.44. The number of phenols is 2. The van der Waals surface area contributed by atoms with Crippen LogP contribution in [-0.2, 0) is 35.3 Å². The highest BCUT2D eigenvalue weighted by Gasteiger charge is 2.39. The first-order valence-corrected chi connectivity index (χ1v) is 21.8. The lowest BCUT2D eigenvalue weighted by Gasteiger charge is -2.34. The molecule has 11 nitrogen and oxygen atoms in total. The maximum absolute atomic E-state index is 14.7. The number of aromatic nitrogens is 2. The number of aromatic amines is 2. The van der Waals surface area contributed by atoms with Crippen LogP contribution in [0.4, 0.5) is 5.82 Å². The molecule has 2 aliphatic carbocycles. The van der Waals surface area contributed by atoms with Gasteiger partial charge in [0.2, 0.25) is 0 Å². The van der Waals surface area contributed by atoms with Crippen molar-refractivity contribution < 1.29 is 39.9 Å². The normalized spacial score (nSPS) is 20.3. The Morgan fingerprint density at radius 1 is 0.852 bits per heavy atom. The Hall–Kier alpha value is -5.62. The van der Waals surface area contributed by atoms with E-state index in [0.29, 0.717) is 56.2 Å². The lowest BCUT2D eigenvalue weighted by molar-refractivity contribution is -0.129. The molecular formula is C50H57N3O8. The van der Waals surface area contributed by atoms with E-state index in [2.05, 4.69) is 15.3 Å². The zero-order chi connectivity index (χ0) is 42.5. The van der Waals surface area contributed by atoms with Crippen LogP contribution in [0.2, 0.25) is 0 Å². The van der Waals surface area contributed by atoms with Gasteiger partial charge in [0.1, 0.15) is 29.2 Å². The van der Waals surface area contributed by atoms with Crippen LogP contribution < -0.4 is 10.1 Å². The fraction of sp³-hybridized carbons (Fsp3) is 0.400. The average molecular weight is 828 g/mol. The molecule has 0 spiro atoms. The molecule has 4 bridgehead atoms. The topological polar surface area (TPSA) is 188 Å². The van der Waals surface area contributed by atoms with Crippen LogP contribution >= 0.6 is 0 Å². The second-order valence-electron chi connectivity index (χ2n) is 17.2. The number of fused-ring (bicyclic) bond motifs is 7. The highest BCUT2D eigenvalue weighted by molar-refractivity contribution is 6.02. The number of H-pyrrole nitrogens is 2. The first-order chi connectivity index (χ1) is 29.6. The third-order valence-electron chi connectivity index (χ3n) is 12.8. The molecule has 0 amide bonds. The molecule has 8 N–H and O–H groups in total. The van der Waals surface area contributed by atoms with Crippen LogP contribution in [0.1, 0.15) is 120 Å². The fourth-order valence-electron chi connectivity index (χ4n) is 9.64. The van der Waals surface area contributed by atoms with Gasteiger partial charge < -0.3 is 45.6 Å². The lowest BCUT2D eigenvalue weighted by atomic mass is 9.71. The minimum Gasteiger partial charge on any atom is -0.508 e. The van der Waals surface area contributed by atoms with Crippen LogP contribution in [-0.4, -0.2) is 72.4 Å². The van der Waals surface area contributed by atoms with E-state index in [1.807, 2.05) is 54.9 Å². The third-order valence-corrected chi connectivity index (χ3v) is 12.8. The van der Waals surface area contributed by atoms with Crippen molar-refractivity contribution in [2.24, 2.45) is 5.92 Å². The predicted molar refractivity (Wildman–Crippen MR) is 234 cm³/mol. The van der Waals surface area contributed by atoms with Crippen molar-refractivity contribution >= 4 is 23.5 Å². The van der Waals surface area contributed by atoms with Gasteiger partial charge in [-0.05, 0) is 151 Å². The molecular weight excluding hydrogens is 771 g/mol. The third kappa shape index (κ3) is 9.80. The number of aryl methyl sites for hydroxylation is 3. The van der Waals surface area contributed by atoms with E-state index in [1.54, 1.807) is 30.3 Å². The molecule has 8 rings (SSSR count). The number of hydrogen-bond acceptors (Lipinski definition) is 9. The second kappa shape index (κ2) is 19.0. The molecule has 320 valence electrons. The molecule has 5 aromatic rings. The van der Waals surface area contributed by atoms with E-state index in [0.717, 1.165) is 70.6 Å². The van der Waals surface area contributed by atoms with Crippen LogP contribution in [0.5, 0.6) is 17.2 Å². The van der Waals surface area contributed by atoms with Gasteiger partial charge in [0.15, 0.2) is 11.5 Å². The standard InChI is InChI=1S/C50H57N3O8/c54-20-4-6-32-12-13-33-24-35(32)25-34-16-18-52-50(34)53-29-36-26-44-41(17-19-51-44)42(27-38(56)14-10-30-5-3-7-37(55)21-30)47(36)45(58)28-39(57)15-11-31-22-43(48(33)59)49(60)46(23-31)61-40-8-1-2-9-40/h3,5,7,12-13,16-19,21-24,26,38,40,42,47-48,51-56,59-60H,1-2,4,6,8-11,14-15,20,25,27-29H2. The van der Waals surface area contributed by atoms with Crippen molar-refractivity contribution in [1.82, 2.24) is 9.97 Å². The number of phenolic OH excluding ortho intramolecular Hbond substituents is 2. The van der Waals surface area contributed by atoms with Crippen LogP contribution in [0.25, 0.3) is 6.08 Å². The molecule has 3 aliphatic rings. The Morgan fingerprint density at radius 2 is 1.69 bits per heavy atom. The van der Waals surface area contributed by atoms with Crippen molar-refractivity contribution in [1.29, 1.82) is 0 Å². The van der Waals surface area contributed by atoms with Gasteiger partial charge in [-0.25, -0.2) is 0 Å². The molecule has 4 atom stereocenters. The van der Waals surface area contributed by atoms with Gasteiger partial charge in [-0.15, -0.1) is 0 Å². The van der Waals surface area contributed by atoms with Gasteiger partial charge in [0, 0.05) is 61.5 Å². The number of ketones is 2. The Bertz CT molecular complexity index is 2370. The number of aliphatic hydroxyl groups is 3. The molecule has 1 saturated carbocycles. The van der Waals surface area contributed by atoms with Crippen molar-refractivity contribution in [2.45, 2.75) is 108 Å². The number of carbonyl (C=O) groups excluding carboxylic acids is 2. The summed E-state index contributed by atoms with van der Waals surface area (Å²) in [5, 5.41) is 58.5. The largest absolute Gasteiger partial charge is 0.508 e. The van der Waals surface area contributed by atoms with Gasteiger partial charge in [-0.3, -0.25) is 9.59 Å². The number of ether oxygens (including phenoxy) is 1.